The van der Waals surface area contributed by atoms with Crippen LogP contribution in [0.4, 0.5) is 4.39 Å². The first kappa shape index (κ1) is 17.1. The number of hydrogen-bond donors (Lipinski definition) is 1. The topological polar surface area (TPSA) is 86.5 Å². The van der Waals surface area contributed by atoms with Crippen molar-refractivity contribution in [1.82, 2.24) is 0 Å². The Hall–Kier alpha value is -0.990. The fourth-order valence-electron chi connectivity index (χ4n) is 1.36. The second kappa shape index (κ2) is 6.64. The van der Waals surface area contributed by atoms with Crippen LogP contribution in [0.15, 0.2) is 21.5 Å². The molecule has 20 heavy (non-hydrogen) atoms. The Morgan fingerprint density at radius 3 is 2.55 bits per heavy atom. The van der Waals surface area contributed by atoms with Crippen LogP contribution >= 0.6 is 15.9 Å². The molecule has 1 rings (SSSR count). The van der Waals surface area contributed by atoms with Crippen molar-refractivity contribution in [3.8, 4) is 0 Å². The number of benzene rings is 1. The quantitative estimate of drug-likeness (QED) is 0.809. The molecule has 0 bridgehead atoms. The number of nitrogens with two attached hydrogens (primary N) is 1. The van der Waals surface area contributed by atoms with E-state index in [-0.39, 0.29) is 16.6 Å². The van der Waals surface area contributed by atoms with Gasteiger partial charge in [-0.25, -0.2) is 22.7 Å². The van der Waals surface area contributed by atoms with Crippen LogP contribution in [-0.4, -0.2) is 21.0 Å². The zero-order valence-electron chi connectivity index (χ0n) is 11.0. The molecule has 0 aliphatic carbocycles. The maximum Gasteiger partial charge on any atom is 0.338 e. The summed E-state index contributed by atoms with van der Waals surface area (Å²) in [6.07, 6.45) is 0.660. The molecule has 0 radical (unpaired) electrons. The van der Waals surface area contributed by atoms with Crippen molar-refractivity contribution in [3.05, 3.63) is 28.0 Å². The second-order valence-electron chi connectivity index (χ2n) is 4.63. The van der Waals surface area contributed by atoms with Crippen molar-refractivity contribution in [1.29, 1.82) is 0 Å². The van der Waals surface area contributed by atoms with E-state index in [0.717, 1.165) is 12.1 Å². The van der Waals surface area contributed by atoms with E-state index in [2.05, 4.69) is 15.9 Å². The average molecular weight is 368 g/mol. The van der Waals surface area contributed by atoms with Gasteiger partial charge < -0.3 is 4.74 Å². The zero-order chi connectivity index (χ0) is 15.5. The number of esters is 1. The van der Waals surface area contributed by atoms with Crippen molar-refractivity contribution in [2.45, 2.75) is 25.2 Å². The number of hydrogen-bond acceptors (Lipinski definition) is 4. The summed E-state index contributed by atoms with van der Waals surface area (Å²) >= 11 is 2.78. The van der Waals surface area contributed by atoms with Crippen LogP contribution < -0.4 is 5.14 Å². The fourth-order valence-corrected chi connectivity index (χ4v) is 2.90. The van der Waals surface area contributed by atoms with Crippen molar-refractivity contribution in [2.75, 3.05) is 6.61 Å². The summed E-state index contributed by atoms with van der Waals surface area (Å²) in [5.74, 6) is -1.33. The molecular formula is C12H15BrFNO4S. The van der Waals surface area contributed by atoms with Crippen LogP contribution in [-0.2, 0) is 14.8 Å². The highest BCUT2D eigenvalue weighted by molar-refractivity contribution is 9.10. The highest BCUT2D eigenvalue weighted by Crippen LogP contribution is 2.26. The number of carbonyl (C=O) groups is 1. The molecule has 2 N–H and O–H groups in total. The van der Waals surface area contributed by atoms with E-state index in [1.54, 1.807) is 0 Å². The first-order valence-electron chi connectivity index (χ1n) is 5.82. The van der Waals surface area contributed by atoms with Gasteiger partial charge in [-0.3, -0.25) is 0 Å². The Balaban J connectivity index is 3.03. The minimum Gasteiger partial charge on any atom is -0.462 e. The van der Waals surface area contributed by atoms with E-state index in [1.165, 1.54) is 0 Å². The van der Waals surface area contributed by atoms with Gasteiger partial charge >= 0.3 is 5.97 Å². The van der Waals surface area contributed by atoms with Crippen LogP contribution in [0, 0.1) is 11.7 Å². The Morgan fingerprint density at radius 1 is 1.45 bits per heavy atom. The number of ether oxygens (including phenoxy) is 1. The smallest absolute Gasteiger partial charge is 0.338 e. The molecule has 0 aliphatic rings. The first-order valence-corrected chi connectivity index (χ1v) is 8.16. The van der Waals surface area contributed by atoms with E-state index in [0.29, 0.717) is 12.3 Å². The largest absolute Gasteiger partial charge is 0.462 e. The van der Waals surface area contributed by atoms with Crippen molar-refractivity contribution in [2.24, 2.45) is 11.1 Å². The fraction of sp³-hybridized carbons (Fsp3) is 0.417. The van der Waals surface area contributed by atoms with Crippen LogP contribution in [0.25, 0.3) is 0 Å². The van der Waals surface area contributed by atoms with E-state index in [4.69, 9.17) is 9.88 Å². The third kappa shape index (κ3) is 4.53. The van der Waals surface area contributed by atoms with Crippen LogP contribution in [0.2, 0.25) is 0 Å². The van der Waals surface area contributed by atoms with Gasteiger partial charge in [0.15, 0.2) is 0 Å². The number of primary sulfonamides is 1. The molecule has 112 valence electrons. The molecule has 0 saturated heterocycles. The molecule has 0 aliphatic heterocycles. The Labute approximate surface area is 125 Å². The summed E-state index contributed by atoms with van der Waals surface area (Å²) in [7, 11) is -4.14. The lowest BCUT2D eigenvalue weighted by Crippen LogP contribution is -2.16. The molecule has 0 unspecified atom stereocenters. The van der Waals surface area contributed by atoms with Gasteiger partial charge in [0.1, 0.15) is 5.82 Å². The number of sulfonamides is 1. The number of carbonyl (C=O) groups excluding carboxylic acids is 1. The van der Waals surface area contributed by atoms with E-state index < -0.39 is 26.7 Å². The number of halogens is 2. The van der Waals surface area contributed by atoms with Gasteiger partial charge in [-0.05, 0) is 40.4 Å². The third-order valence-electron chi connectivity index (χ3n) is 2.47. The standard InChI is InChI=1S/C12H15BrFNO4S/c1-7(2)3-4-19-12(16)8-5-9(14)11(13)10(6-8)20(15,17)18/h5-7H,3-4H2,1-2H3,(H2,15,17,18). The lowest BCUT2D eigenvalue weighted by atomic mass is 10.1. The van der Waals surface area contributed by atoms with E-state index in [9.17, 15) is 17.6 Å². The third-order valence-corrected chi connectivity index (χ3v) is 4.47. The summed E-state index contributed by atoms with van der Waals surface area (Å²) in [6.45, 7) is 4.11. The summed E-state index contributed by atoms with van der Waals surface area (Å²) in [6, 6.07) is 1.89. The first-order chi connectivity index (χ1) is 9.12. The van der Waals surface area contributed by atoms with Crippen LogP contribution in [0.3, 0.4) is 0 Å². The molecule has 0 fully saturated rings. The summed E-state index contributed by atoms with van der Waals surface area (Å²) in [4.78, 5) is 11.2. The molecule has 8 heteroatoms. The van der Waals surface area contributed by atoms with Crippen molar-refractivity contribution in [3.63, 3.8) is 0 Å². The molecule has 0 saturated carbocycles. The van der Waals surface area contributed by atoms with Crippen molar-refractivity contribution >= 4 is 31.9 Å². The molecule has 0 heterocycles. The molecule has 0 atom stereocenters. The zero-order valence-corrected chi connectivity index (χ0v) is 13.4. The average Bonchev–Trinajstić information content (AvgIpc) is 2.30. The molecule has 0 aromatic heterocycles. The predicted molar refractivity (Wildman–Crippen MR) is 75.2 cm³/mol. The Bertz CT molecular complexity index is 616. The lowest BCUT2D eigenvalue weighted by Gasteiger charge is -2.09. The second-order valence-corrected chi connectivity index (χ2v) is 6.96. The SMILES string of the molecule is CC(C)CCOC(=O)c1cc(F)c(Br)c(S(N)(=O)=O)c1. The maximum atomic E-state index is 13.6. The van der Waals surface area contributed by atoms with Gasteiger partial charge in [0, 0.05) is 0 Å². The number of rotatable bonds is 5. The van der Waals surface area contributed by atoms with Gasteiger partial charge in [0.2, 0.25) is 10.0 Å². The summed E-state index contributed by atoms with van der Waals surface area (Å²) in [5, 5.41) is 4.96. The summed E-state index contributed by atoms with van der Waals surface area (Å²) in [5.41, 5.74) is -0.196. The minimum absolute atomic E-state index is 0.179. The van der Waals surface area contributed by atoms with Crippen LogP contribution in [0.1, 0.15) is 30.6 Å². The normalized spacial score (nSPS) is 11.7. The highest BCUT2D eigenvalue weighted by Gasteiger charge is 2.20. The highest BCUT2D eigenvalue weighted by atomic mass is 79.9. The van der Waals surface area contributed by atoms with E-state index >= 15 is 0 Å². The molecule has 0 amide bonds. The summed E-state index contributed by atoms with van der Waals surface area (Å²) < 4.78 is 40.9. The molecular weight excluding hydrogens is 353 g/mol. The Kier molecular flexibility index (Phi) is 5.67. The molecule has 1 aromatic carbocycles. The van der Waals surface area contributed by atoms with Gasteiger partial charge in [-0.15, -0.1) is 0 Å². The molecule has 1 aromatic rings. The molecule has 5 nitrogen and oxygen atoms in total. The van der Waals surface area contributed by atoms with E-state index in [1.807, 2.05) is 13.8 Å². The monoisotopic (exact) mass is 367 g/mol. The van der Waals surface area contributed by atoms with Gasteiger partial charge in [0.25, 0.3) is 0 Å². The Morgan fingerprint density at radius 2 is 2.05 bits per heavy atom. The van der Waals surface area contributed by atoms with Gasteiger partial charge in [-0.2, -0.15) is 0 Å². The van der Waals surface area contributed by atoms with Crippen molar-refractivity contribution < 1.29 is 22.3 Å². The predicted octanol–water partition coefficient (Wildman–Crippen LogP) is 2.44. The minimum atomic E-state index is -4.14. The maximum absolute atomic E-state index is 13.6. The lowest BCUT2D eigenvalue weighted by molar-refractivity contribution is 0.0487. The van der Waals surface area contributed by atoms with Crippen LogP contribution in [0.5, 0.6) is 0 Å². The molecule has 0 spiro atoms. The van der Waals surface area contributed by atoms with Gasteiger partial charge in [0.05, 0.1) is 21.5 Å². The van der Waals surface area contributed by atoms with Gasteiger partial charge in [-0.1, -0.05) is 13.8 Å².